The molecule has 0 N–H and O–H groups in total. The van der Waals surface area contributed by atoms with Crippen molar-refractivity contribution in [1.82, 2.24) is 0 Å². The molecule has 78 valence electrons. The number of rotatable bonds is 9. The molecule has 0 bridgehead atoms. The van der Waals surface area contributed by atoms with Crippen LogP contribution in [0, 0.1) is 24.7 Å². The molecule has 0 heterocycles. The van der Waals surface area contributed by atoms with Gasteiger partial charge in [0.1, 0.15) is 0 Å². The van der Waals surface area contributed by atoms with Gasteiger partial charge in [-0.2, -0.15) is 0 Å². The zero-order valence-corrected chi connectivity index (χ0v) is 10.3. The first-order chi connectivity index (χ1) is 6.91. The van der Waals surface area contributed by atoms with Crippen LogP contribution in [-0.2, 0) is 0 Å². The van der Waals surface area contributed by atoms with E-state index in [-0.39, 0.29) is 0 Å². The van der Waals surface area contributed by atoms with E-state index in [1.54, 1.807) is 0 Å². The standard InChI is InChI=1S/C12H18S2/c1-3-5-7-9-11-13-14-12-10-8-6-4-2/h1-2H,5-12H2. The molecule has 0 rings (SSSR count). The van der Waals surface area contributed by atoms with E-state index in [4.69, 9.17) is 12.8 Å². The Balaban J connectivity index is 2.86. The fraction of sp³-hybridized carbons (Fsp3) is 0.667. The highest BCUT2D eigenvalue weighted by Crippen LogP contribution is 2.23. The van der Waals surface area contributed by atoms with Crippen molar-refractivity contribution in [2.75, 3.05) is 11.5 Å². The van der Waals surface area contributed by atoms with Crippen molar-refractivity contribution >= 4 is 21.6 Å². The monoisotopic (exact) mass is 226 g/mol. The molecule has 0 spiro atoms. The van der Waals surface area contributed by atoms with Crippen LogP contribution in [-0.4, -0.2) is 11.5 Å². The van der Waals surface area contributed by atoms with Gasteiger partial charge in [0.05, 0.1) is 0 Å². The van der Waals surface area contributed by atoms with Crippen molar-refractivity contribution in [1.29, 1.82) is 0 Å². The minimum Gasteiger partial charge on any atom is -0.120 e. The Kier molecular flexibility index (Phi) is 12.7. The van der Waals surface area contributed by atoms with Crippen LogP contribution in [0.3, 0.4) is 0 Å². The molecule has 0 nitrogen and oxygen atoms in total. The molecule has 0 fully saturated rings. The number of hydrogen-bond donors (Lipinski definition) is 0. The highest BCUT2D eigenvalue weighted by atomic mass is 33.1. The Morgan fingerprint density at radius 2 is 1.14 bits per heavy atom. The van der Waals surface area contributed by atoms with E-state index in [0.29, 0.717) is 0 Å². The van der Waals surface area contributed by atoms with Crippen LogP contribution < -0.4 is 0 Å². The maximum absolute atomic E-state index is 5.16. The van der Waals surface area contributed by atoms with Gasteiger partial charge < -0.3 is 0 Å². The minimum absolute atomic E-state index is 0.924. The van der Waals surface area contributed by atoms with Crippen LogP contribution in [0.4, 0.5) is 0 Å². The topological polar surface area (TPSA) is 0 Å². The molecule has 0 saturated carbocycles. The Morgan fingerprint density at radius 1 is 0.714 bits per heavy atom. The van der Waals surface area contributed by atoms with Gasteiger partial charge in [0.2, 0.25) is 0 Å². The van der Waals surface area contributed by atoms with Gasteiger partial charge in [-0.15, -0.1) is 24.7 Å². The summed E-state index contributed by atoms with van der Waals surface area (Å²) >= 11 is 0. The Labute approximate surface area is 96.4 Å². The molecule has 0 amide bonds. The minimum atomic E-state index is 0.924. The van der Waals surface area contributed by atoms with E-state index in [1.807, 2.05) is 21.6 Å². The van der Waals surface area contributed by atoms with E-state index in [2.05, 4.69) is 11.8 Å². The highest BCUT2D eigenvalue weighted by molar-refractivity contribution is 8.76. The van der Waals surface area contributed by atoms with Gasteiger partial charge >= 0.3 is 0 Å². The third kappa shape index (κ3) is 11.8. The molecule has 0 saturated heterocycles. The summed E-state index contributed by atoms with van der Waals surface area (Å²) < 4.78 is 0. The van der Waals surface area contributed by atoms with Crippen LogP contribution >= 0.6 is 21.6 Å². The number of terminal acetylenes is 2. The first kappa shape index (κ1) is 13.8. The molecular weight excluding hydrogens is 208 g/mol. The molecule has 0 aliphatic carbocycles. The van der Waals surface area contributed by atoms with E-state index in [1.165, 1.54) is 37.2 Å². The molecule has 0 aromatic heterocycles. The molecule has 0 aromatic carbocycles. The van der Waals surface area contributed by atoms with Crippen molar-refractivity contribution in [3.05, 3.63) is 0 Å². The van der Waals surface area contributed by atoms with Crippen LogP contribution in [0.25, 0.3) is 0 Å². The summed E-state index contributed by atoms with van der Waals surface area (Å²) in [7, 11) is 3.92. The maximum atomic E-state index is 5.16. The second-order valence-electron chi connectivity index (χ2n) is 2.97. The summed E-state index contributed by atoms with van der Waals surface area (Å²) in [4.78, 5) is 0. The zero-order chi connectivity index (χ0) is 10.5. The lowest BCUT2D eigenvalue weighted by molar-refractivity contribution is 0.836. The average molecular weight is 226 g/mol. The smallest absolute Gasteiger partial charge is 0.00863 e. The van der Waals surface area contributed by atoms with Gasteiger partial charge in [-0.05, 0) is 25.7 Å². The Hall–Kier alpha value is -0.180. The van der Waals surface area contributed by atoms with Crippen molar-refractivity contribution in [2.24, 2.45) is 0 Å². The quantitative estimate of drug-likeness (QED) is 0.331. The first-order valence-electron chi connectivity index (χ1n) is 5.03. The van der Waals surface area contributed by atoms with Crippen LogP contribution in [0.1, 0.15) is 38.5 Å². The fourth-order valence-corrected chi connectivity index (χ4v) is 3.19. The summed E-state index contributed by atoms with van der Waals surface area (Å²) in [6.07, 6.45) is 17.0. The summed E-state index contributed by atoms with van der Waals surface area (Å²) in [6, 6.07) is 0. The molecule has 0 aromatic rings. The Morgan fingerprint density at radius 3 is 1.50 bits per heavy atom. The largest absolute Gasteiger partial charge is 0.120 e. The molecule has 0 unspecified atom stereocenters. The van der Waals surface area contributed by atoms with Crippen molar-refractivity contribution < 1.29 is 0 Å². The van der Waals surface area contributed by atoms with Crippen LogP contribution in [0.5, 0.6) is 0 Å². The Bertz CT molecular complexity index is 163. The third-order valence-electron chi connectivity index (χ3n) is 1.68. The molecule has 0 radical (unpaired) electrons. The van der Waals surface area contributed by atoms with Gasteiger partial charge in [-0.3, -0.25) is 0 Å². The van der Waals surface area contributed by atoms with Crippen molar-refractivity contribution in [3.8, 4) is 24.7 Å². The summed E-state index contributed by atoms with van der Waals surface area (Å²) in [5.74, 6) is 7.76. The fourth-order valence-electron chi connectivity index (χ4n) is 0.894. The lowest BCUT2D eigenvalue weighted by Gasteiger charge is -1.99. The predicted octanol–water partition coefficient (Wildman–Crippen LogP) is 3.97. The maximum Gasteiger partial charge on any atom is 0.00863 e. The van der Waals surface area contributed by atoms with Gasteiger partial charge in [0, 0.05) is 24.3 Å². The number of hydrogen-bond acceptors (Lipinski definition) is 2. The average Bonchev–Trinajstić information content (AvgIpc) is 2.21. The lowest BCUT2D eigenvalue weighted by Crippen LogP contribution is -1.80. The van der Waals surface area contributed by atoms with E-state index < -0.39 is 0 Å². The molecule has 0 atom stereocenters. The summed E-state index contributed by atoms with van der Waals surface area (Å²) in [5, 5.41) is 0. The van der Waals surface area contributed by atoms with Gasteiger partial charge in [0.25, 0.3) is 0 Å². The normalized spacial score (nSPS) is 9.29. The van der Waals surface area contributed by atoms with Crippen LogP contribution in [0.2, 0.25) is 0 Å². The van der Waals surface area contributed by atoms with Gasteiger partial charge in [-0.1, -0.05) is 21.6 Å². The first-order valence-corrected chi connectivity index (χ1v) is 7.52. The second-order valence-corrected chi connectivity index (χ2v) is 5.67. The van der Waals surface area contributed by atoms with Crippen LogP contribution in [0.15, 0.2) is 0 Å². The van der Waals surface area contributed by atoms with E-state index >= 15 is 0 Å². The number of unbranched alkanes of at least 4 members (excludes halogenated alkanes) is 4. The highest BCUT2D eigenvalue weighted by Gasteiger charge is 1.91. The SMILES string of the molecule is C#CCCCCSSCCCCC#C. The summed E-state index contributed by atoms with van der Waals surface area (Å²) in [6.45, 7) is 0. The van der Waals surface area contributed by atoms with E-state index in [0.717, 1.165) is 12.8 Å². The van der Waals surface area contributed by atoms with E-state index in [9.17, 15) is 0 Å². The molecule has 14 heavy (non-hydrogen) atoms. The molecule has 0 aliphatic heterocycles. The lowest BCUT2D eigenvalue weighted by atomic mass is 10.3. The second kappa shape index (κ2) is 12.8. The van der Waals surface area contributed by atoms with Crippen molar-refractivity contribution in [2.45, 2.75) is 38.5 Å². The third-order valence-corrected chi connectivity index (χ3v) is 4.26. The van der Waals surface area contributed by atoms with Crippen molar-refractivity contribution in [3.63, 3.8) is 0 Å². The molecule has 2 heteroatoms. The predicted molar refractivity (Wildman–Crippen MR) is 70.3 cm³/mol. The molecular formula is C12H18S2. The van der Waals surface area contributed by atoms with Gasteiger partial charge in [0.15, 0.2) is 0 Å². The summed E-state index contributed by atoms with van der Waals surface area (Å²) in [5.41, 5.74) is 0. The molecule has 0 aliphatic rings. The zero-order valence-electron chi connectivity index (χ0n) is 8.63. The van der Waals surface area contributed by atoms with Gasteiger partial charge in [-0.25, -0.2) is 0 Å².